The summed E-state index contributed by atoms with van der Waals surface area (Å²) >= 11 is 0. The molecule has 0 atom stereocenters. The predicted molar refractivity (Wildman–Crippen MR) is 136 cm³/mol. The minimum Gasteiger partial charge on any atom is -0.465 e. The molecule has 5 rings (SSSR count). The fourth-order valence-corrected chi connectivity index (χ4v) is 4.88. The van der Waals surface area contributed by atoms with E-state index in [0.717, 1.165) is 28.5 Å². The Morgan fingerprint density at radius 1 is 0.629 bits per heavy atom. The van der Waals surface area contributed by atoms with Gasteiger partial charge in [-0.2, -0.15) is 0 Å². The first-order valence-electron chi connectivity index (χ1n) is 11.6. The summed E-state index contributed by atoms with van der Waals surface area (Å²) in [6.07, 6.45) is 0. The van der Waals surface area contributed by atoms with Crippen LogP contribution in [0.1, 0.15) is 40.0 Å². The largest absolute Gasteiger partial charge is 0.465 e. The zero-order chi connectivity index (χ0) is 24.9. The number of aromatic nitrogens is 4. The summed E-state index contributed by atoms with van der Waals surface area (Å²) in [5.74, 6) is 0.634. The molecule has 0 aliphatic rings. The van der Waals surface area contributed by atoms with Crippen LogP contribution in [-0.4, -0.2) is 18.7 Å². The van der Waals surface area contributed by atoms with Gasteiger partial charge in [-0.3, -0.25) is 19.0 Å². The molecule has 7 heteroatoms. The van der Waals surface area contributed by atoms with Gasteiger partial charge in [-0.15, -0.1) is 0 Å². The molecule has 5 aromatic rings. The van der Waals surface area contributed by atoms with E-state index in [-0.39, 0.29) is 11.1 Å². The van der Waals surface area contributed by atoms with Crippen molar-refractivity contribution in [1.29, 1.82) is 0 Å². The number of hydrogen-bond acceptors (Lipinski definition) is 3. The quantitative estimate of drug-likeness (QED) is 0.385. The van der Waals surface area contributed by atoms with Crippen molar-refractivity contribution in [2.24, 2.45) is 14.1 Å². The van der Waals surface area contributed by atoms with Gasteiger partial charge in [-0.1, -0.05) is 36.4 Å². The number of furan rings is 1. The maximum Gasteiger partial charge on any atom is 0.275 e. The van der Waals surface area contributed by atoms with E-state index in [2.05, 4.69) is 0 Å². The minimum absolute atomic E-state index is 0.177. The summed E-state index contributed by atoms with van der Waals surface area (Å²) in [5.41, 5.74) is 3.76. The maximum absolute atomic E-state index is 14.0. The third kappa shape index (κ3) is 3.51. The van der Waals surface area contributed by atoms with Crippen LogP contribution < -0.4 is 11.1 Å². The topological polar surface area (TPSA) is 67.0 Å². The third-order valence-corrected chi connectivity index (χ3v) is 6.82. The SMILES string of the molecule is Cc1ccc(C(c2c(C)n(C)n(-c3ccccc3)c2=O)c2c(C)n(C)n(-c3ccccc3)c2=O)o1. The Kier molecular flexibility index (Phi) is 5.47. The van der Waals surface area contributed by atoms with Crippen molar-refractivity contribution < 1.29 is 4.42 Å². The van der Waals surface area contributed by atoms with Gasteiger partial charge in [-0.25, -0.2) is 9.36 Å². The number of hydrogen-bond donors (Lipinski definition) is 0. The molecule has 0 fully saturated rings. The molecule has 0 radical (unpaired) electrons. The summed E-state index contributed by atoms with van der Waals surface area (Å²) < 4.78 is 13.0. The monoisotopic (exact) mass is 468 g/mol. The first-order valence-corrected chi connectivity index (χ1v) is 11.6. The number of aryl methyl sites for hydroxylation is 1. The second-order valence-corrected chi connectivity index (χ2v) is 8.83. The normalized spacial score (nSPS) is 11.5. The first-order chi connectivity index (χ1) is 16.8. The van der Waals surface area contributed by atoms with E-state index in [1.807, 2.05) is 117 Å². The van der Waals surface area contributed by atoms with Crippen LogP contribution in [0.4, 0.5) is 0 Å². The van der Waals surface area contributed by atoms with E-state index in [9.17, 15) is 9.59 Å². The van der Waals surface area contributed by atoms with Gasteiger partial charge in [0.05, 0.1) is 28.4 Å². The summed E-state index contributed by atoms with van der Waals surface area (Å²) in [5, 5.41) is 0. The van der Waals surface area contributed by atoms with Crippen molar-refractivity contribution in [1.82, 2.24) is 18.7 Å². The van der Waals surface area contributed by atoms with Crippen molar-refractivity contribution in [3.8, 4) is 11.4 Å². The van der Waals surface area contributed by atoms with Crippen molar-refractivity contribution >= 4 is 0 Å². The van der Waals surface area contributed by atoms with E-state index >= 15 is 0 Å². The zero-order valence-corrected chi connectivity index (χ0v) is 20.5. The number of para-hydroxylation sites is 2. The standard InChI is InChI=1S/C28H28N4O3/c1-18-16-17-23(35-18)26(24-19(2)29(4)31(27(24)33)21-12-8-6-9-13-21)25-20(3)30(5)32(28(25)34)22-14-10-7-11-15-22/h6-17,26H,1-5H3. The van der Waals surface area contributed by atoms with Gasteiger partial charge in [0.25, 0.3) is 11.1 Å². The Labute approximate surface area is 203 Å². The van der Waals surface area contributed by atoms with E-state index in [0.29, 0.717) is 16.9 Å². The second-order valence-electron chi connectivity index (χ2n) is 8.83. The molecule has 0 aliphatic carbocycles. The highest BCUT2D eigenvalue weighted by molar-refractivity contribution is 5.46. The molecule has 0 unspecified atom stereocenters. The van der Waals surface area contributed by atoms with Gasteiger partial charge in [0, 0.05) is 25.5 Å². The molecule has 7 nitrogen and oxygen atoms in total. The Balaban J connectivity index is 1.83. The first kappa shape index (κ1) is 22.5. The summed E-state index contributed by atoms with van der Waals surface area (Å²) in [4.78, 5) is 28.0. The van der Waals surface area contributed by atoms with Crippen LogP contribution in [0.2, 0.25) is 0 Å². The van der Waals surface area contributed by atoms with Gasteiger partial charge in [-0.05, 0) is 57.2 Å². The zero-order valence-electron chi connectivity index (χ0n) is 20.5. The summed E-state index contributed by atoms with van der Waals surface area (Å²) in [6, 6.07) is 22.7. The molecular weight excluding hydrogens is 440 g/mol. The highest BCUT2D eigenvalue weighted by Crippen LogP contribution is 2.34. The maximum atomic E-state index is 14.0. The Morgan fingerprint density at radius 2 is 1.06 bits per heavy atom. The van der Waals surface area contributed by atoms with Gasteiger partial charge in [0.2, 0.25) is 0 Å². The lowest BCUT2D eigenvalue weighted by molar-refractivity contribution is 0.476. The molecule has 0 saturated heterocycles. The number of benzene rings is 2. The van der Waals surface area contributed by atoms with Gasteiger partial charge in [0.1, 0.15) is 11.5 Å². The van der Waals surface area contributed by atoms with E-state index in [1.165, 1.54) is 0 Å². The minimum atomic E-state index is -0.656. The fraction of sp³-hybridized carbons (Fsp3) is 0.214. The molecule has 0 aliphatic heterocycles. The molecule has 178 valence electrons. The molecule has 0 amide bonds. The molecule has 0 N–H and O–H groups in total. The van der Waals surface area contributed by atoms with Crippen molar-refractivity contribution in [3.05, 3.63) is 128 Å². The lowest BCUT2D eigenvalue weighted by atomic mass is 9.89. The molecule has 0 bridgehead atoms. The molecule has 0 saturated carbocycles. The average molecular weight is 469 g/mol. The highest BCUT2D eigenvalue weighted by atomic mass is 16.3. The lowest BCUT2D eigenvalue weighted by Gasteiger charge is -2.13. The van der Waals surface area contributed by atoms with Crippen LogP contribution in [0, 0.1) is 20.8 Å². The smallest absolute Gasteiger partial charge is 0.275 e. The van der Waals surface area contributed by atoms with Crippen LogP contribution in [0.3, 0.4) is 0 Å². The van der Waals surface area contributed by atoms with Gasteiger partial charge >= 0.3 is 0 Å². The van der Waals surface area contributed by atoms with Crippen molar-refractivity contribution in [3.63, 3.8) is 0 Å². The highest BCUT2D eigenvalue weighted by Gasteiger charge is 2.34. The van der Waals surface area contributed by atoms with Crippen molar-refractivity contribution in [2.75, 3.05) is 0 Å². The predicted octanol–water partition coefficient (Wildman–Crippen LogP) is 4.36. The Bertz CT molecular complexity index is 1530. The van der Waals surface area contributed by atoms with Crippen LogP contribution in [-0.2, 0) is 14.1 Å². The van der Waals surface area contributed by atoms with Crippen LogP contribution >= 0.6 is 0 Å². The second kappa shape index (κ2) is 8.51. The summed E-state index contributed by atoms with van der Waals surface area (Å²) in [7, 11) is 3.72. The average Bonchev–Trinajstić information content (AvgIpc) is 3.45. The van der Waals surface area contributed by atoms with Crippen LogP contribution in [0.5, 0.6) is 0 Å². The summed E-state index contributed by atoms with van der Waals surface area (Å²) in [6.45, 7) is 5.68. The van der Waals surface area contributed by atoms with Crippen LogP contribution in [0.15, 0.2) is 86.8 Å². The molecule has 35 heavy (non-hydrogen) atoms. The molecule has 2 aromatic carbocycles. The van der Waals surface area contributed by atoms with Gasteiger partial charge < -0.3 is 4.42 Å². The number of rotatable bonds is 5. The fourth-order valence-electron chi connectivity index (χ4n) is 4.88. The molecular formula is C28H28N4O3. The molecule has 0 spiro atoms. The third-order valence-electron chi connectivity index (χ3n) is 6.82. The van der Waals surface area contributed by atoms with Gasteiger partial charge in [0.15, 0.2) is 0 Å². The Hall–Kier alpha value is -4.26. The molecule has 3 heterocycles. The Morgan fingerprint density at radius 3 is 1.43 bits per heavy atom. The van der Waals surface area contributed by atoms with E-state index < -0.39 is 5.92 Å². The van der Waals surface area contributed by atoms with E-state index in [4.69, 9.17) is 4.42 Å². The van der Waals surface area contributed by atoms with E-state index in [1.54, 1.807) is 9.36 Å². The lowest BCUT2D eigenvalue weighted by Crippen LogP contribution is -2.26. The number of nitrogens with zero attached hydrogens (tertiary/aromatic N) is 4. The molecule has 3 aromatic heterocycles. The van der Waals surface area contributed by atoms with Crippen molar-refractivity contribution in [2.45, 2.75) is 26.7 Å². The van der Waals surface area contributed by atoms with Crippen LogP contribution in [0.25, 0.3) is 11.4 Å².